The lowest BCUT2D eigenvalue weighted by atomic mass is 9.75. The lowest BCUT2D eigenvalue weighted by molar-refractivity contribution is -0.116. The van der Waals surface area contributed by atoms with Gasteiger partial charge in [-0.05, 0) is 36.6 Å². The van der Waals surface area contributed by atoms with E-state index >= 15 is 0 Å². The van der Waals surface area contributed by atoms with Gasteiger partial charge in [-0.2, -0.15) is 0 Å². The molecule has 1 aliphatic heterocycles. The molecular formula is C21H19Cl2NO3. The number of fused-ring (bicyclic) bond motifs is 1. The fourth-order valence-electron chi connectivity index (χ4n) is 3.97. The molecule has 1 heterocycles. The summed E-state index contributed by atoms with van der Waals surface area (Å²) < 4.78 is 10.9. The molecule has 2 aliphatic rings. The molecule has 4 rings (SSSR count). The molecule has 1 unspecified atom stereocenters. The molecule has 27 heavy (non-hydrogen) atoms. The number of halogens is 2. The van der Waals surface area contributed by atoms with Crippen molar-refractivity contribution in [2.45, 2.75) is 25.2 Å². The van der Waals surface area contributed by atoms with Crippen molar-refractivity contribution >= 4 is 34.7 Å². The van der Waals surface area contributed by atoms with Gasteiger partial charge in [0.1, 0.15) is 0 Å². The Bertz CT molecular complexity index is 948. The number of anilines is 1. The number of benzene rings is 2. The monoisotopic (exact) mass is 403 g/mol. The van der Waals surface area contributed by atoms with Gasteiger partial charge >= 0.3 is 0 Å². The van der Waals surface area contributed by atoms with E-state index < -0.39 is 0 Å². The highest BCUT2D eigenvalue weighted by atomic mass is 35.5. The van der Waals surface area contributed by atoms with Gasteiger partial charge in [-0.1, -0.05) is 29.3 Å². The number of methoxy groups -OCH3 is 2. The quantitative estimate of drug-likeness (QED) is 0.726. The number of rotatable bonds is 3. The van der Waals surface area contributed by atoms with Crippen molar-refractivity contribution in [1.82, 2.24) is 0 Å². The van der Waals surface area contributed by atoms with Gasteiger partial charge in [0.15, 0.2) is 17.3 Å². The summed E-state index contributed by atoms with van der Waals surface area (Å²) in [4.78, 5) is 12.9. The van der Waals surface area contributed by atoms with Gasteiger partial charge in [-0.25, -0.2) is 0 Å². The van der Waals surface area contributed by atoms with Gasteiger partial charge < -0.3 is 14.8 Å². The Morgan fingerprint density at radius 3 is 2.37 bits per heavy atom. The zero-order valence-corrected chi connectivity index (χ0v) is 16.6. The van der Waals surface area contributed by atoms with Crippen molar-refractivity contribution in [2.24, 2.45) is 0 Å². The predicted octanol–water partition coefficient (Wildman–Crippen LogP) is 5.58. The SMILES string of the molecule is COc1cc2c(cc1OC)C(c1c(Cl)cccc1Cl)C1=C(CCCC1=O)N2. The second-order valence-corrected chi connectivity index (χ2v) is 7.47. The molecule has 0 aromatic heterocycles. The minimum absolute atomic E-state index is 0.130. The van der Waals surface area contributed by atoms with Crippen LogP contribution in [0.25, 0.3) is 0 Å². The summed E-state index contributed by atoms with van der Waals surface area (Å²) in [7, 11) is 3.19. The molecule has 0 saturated heterocycles. The number of nitrogens with one attached hydrogen (secondary N) is 1. The number of ether oxygens (including phenoxy) is 2. The smallest absolute Gasteiger partial charge is 0.162 e. The van der Waals surface area contributed by atoms with E-state index in [2.05, 4.69) is 5.32 Å². The second-order valence-electron chi connectivity index (χ2n) is 6.66. The zero-order valence-electron chi connectivity index (χ0n) is 15.1. The van der Waals surface area contributed by atoms with Crippen LogP contribution in [0, 0.1) is 0 Å². The number of carbonyl (C=O) groups excluding carboxylic acids is 1. The third kappa shape index (κ3) is 2.97. The van der Waals surface area contributed by atoms with Crippen molar-refractivity contribution < 1.29 is 14.3 Å². The van der Waals surface area contributed by atoms with Crippen molar-refractivity contribution in [2.75, 3.05) is 19.5 Å². The van der Waals surface area contributed by atoms with Crippen LogP contribution in [0.3, 0.4) is 0 Å². The normalized spacial score (nSPS) is 18.5. The Morgan fingerprint density at radius 1 is 1.04 bits per heavy atom. The number of hydrogen-bond donors (Lipinski definition) is 1. The van der Waals surface area contributed by atoms with Gasteiger partial charge in [-0.15, -0.1) is 0 Å². The molecule has 0 saturated carbocycles. The molecule has 6 heteroatoms. The minimum Gasteiger partial charge on any atom is -0.493 e. The van der Waals surface area contributed by atoms with Crippen LogP contribution in [0.4, 0.5) is 5.69 Å². The summed E-state index contributed by atoms with van der Waals surface area (Å²) in [5.41, 5.74) is 4.21. The maximum atomic E-state index is 12.9. The number of carbonyl (C=O) groups is 1. The van der Waals surface area contributed by atoms with Gasteiger partial charge in [0.2, 0.25) is 0 Å². The van der Waals surface area contributed by atoms with Crippen LogP contribution in [-0.4, -0.2) is 20.0 Å². The molecule has 140 valence electrons. The van der Waals surface area contributed by atoms with Crippen LogP contribution >= 0.6 is 23.2 Å². The topological polar surface area (TPSA) is 47.6 Å². The average molecular weight is 404 g/mol. The summed E-state index contributed by atoms with van der Waals surface area (Å²) in [6.45, 7) is 0. The standard InChI is InChI=1S/C21H19Cl2NO3/c1-26-17-9-11-15(10-18(17)27-2)24-14-7-4-8-16(25)21(14)19(11)20-12(22)5-3-6-13(20)23/h3,5-6,9-10,19,24H,4,7-8H2,1-2H3. The Morgan fingerprint density at radius 2 is 1.70 bits per heavy atom. The van der Waals surface area contributed by atoms with E-state index in [1.54, 1.807) is 26.4 Å². The molecule has 0 fully saturated rings. The largest absolute Gasteiger partial charge is 0.493 e. The van der Waals surface area contributed by atoms with Gasteiger partial charge in [0, 0.05) is 51.0 Å². The third-order valence-corrected chi connectivity index (χ3v) is 5.84. The maximum absolute atomic E-state index is 12.9. The van der Waals surface area contributed by atoms with E-state index in [0.29, 0.717) is 28.0 Å². The predicted molar refractivity (Wildman–Crippen MR) is 107 cm³/mol. The van der Waals surface area contributed by atoms with E-state index in [4.69, 9.17) is 32.7 Å². The first-order valence-corrected chi connectivity index (χ1v) is 9.53. The molecule has 0 amide bonds. The second kappa shape index (κ2) is 7.10. The van der Waals surface area contributed by atoms with Crippen molar-refractivity contribution in [3.05, 3.63) is 62.8 Å². The van der Waals surface area contributed by atoms with Crippen LogP contribution < -0.4 is 14.8 Å². The highest BCUT2D eigenvalue weighted by Crippen LogP contribution is 2.51. The zero-order chi connectivity index (χ0) is 19.1. The summed E-state index contributed by atoms with van der Waals surface area (Å²) >= 11 is 13.1. The fourth-order valence-corrected chi connectivity index (χ4v) is 4.59. The minimum atomic E-state index is -0.343. The fraction of sp³-hybridized carbons (Fsp3) is 0.286. The highest BCUT2D eigenvalue weighted by molar-refractivity contribution is 6.36. The van der Waals surface area contributed by atoms with Gasteiger partial charge in [0.25, 0.3) is 0 Å². The van der Waals surface area contributed by atoms with Crippen LogP contribution in [-0.2, 0) is 4.79 Å². The van der Waals surface area contributed by atoms with E-state index in [1.165, 1.54) is 0 Å². The molecule has 1 aliphatic carbocycles. The molecule has 2 aromatic rings. The van der Waals surface area contributed by atoms with Crippen molar-refractivity contribution in [3.63, 3.8) is 0 Å². The van der Waals surface area contributed by atoms with Crippen LogP contribution in [0.15, 0.2) is 41.6 Å². The van der Waals surface area contributed by atoms with Gasteiger partial charge in [0.05, 0.1) is 14.2 Å². The molecule has 2 aromatic carbocycles. The Balaban J connectivity index is 2.02. The average Bonchev–Trinajstić information content (AvgIpc) is 2.66. The lowest BCUT2D eigenvalue weighted by Crippen LogP contribution is -2.27. The number of ketones is 1. The number of hydrogen-bond acceptors (Lipinski definition) is 4. The van der Waals surface area contributed by atoms with Crippen molar-refractivity contribution in [3.8, 4) is 11.5 Å². The lowest BCUT2D eigenvalue weighted by Gasteiger charge is -2.35. The van der Waals surface area contributed by atoms with Crippen LogP contribution in [0.5, 0.6) is 11.5 Å². The molecule has 1 atom stereocenters. The number of allylic oxidation sites excluding steroid dienone is 2. The molecule has 0 bridgehead atoms. The Hall–Kier alpha value is -2.17. The summed E-state index contributed by atoms with van der Waals surface area (Å²) in [5, 5.41) is 4.52. The molecule has 1 N–H and O–H groups in total. The maximum Gasteiger partial charge on any atom is 0.162 e. The first-order valence-electron chi connectivity index (χ1n) is 8.78. The van der Waals surface area contributed by atoms with Gasteiger partial charge in [-0.3, -0.25) is 4.79 Å². The summed E-state index contributed by atoms with van der Waals surface area (Å²) in [6.07, 6.45) is 2.17. The first kappa shape index (κ1) is 18.2. The Labute approximate surface area is 168 Å². The van der Waals surface area contributed by atoms with E-state index in [1.807, 2.05) is 18.2 Å². The first-order chi connectivity index (χ1) is 13.0. The molecule has 0 radical (unpaired) electrons. The van der Waals surface area contributed by atoms with E-state index in [0.717, 1.165) is 40.9 Å². The van der Waals surface area contributed by atoms with Crippen LogP contribution in [0.1, 0.15) is 36.3 Å². The van der Waals surface area contributed by atoms with Crippen molar-refractivity contribution in [1.29, 1.82) is 0 Å². The highest BCUT2D eigenvalue weighted by Gasteiger charge is 2.37. The summed E-state index contributed by atoms with van der Waals surface area (Å²) in [6, 6.07) is 9.21. The third-order valence-electron chi connectivity index (χ3n) is 5.19. The van der Waals surface area contributed by atoms with E-state index in [-0.39, 0.29) is 11.7 Å². The molecule has 4 nitrogen and oxygen atoms in total. The molecule has 0 spiro atoms. The Kier molecular flexibility index (Phi) is 4.79. The van der Waals surface area contributed by atoms with Crippen LogP contribution in [0.2, 0.25) is 10.0 Å². The summed E-state index contributed by atoms with van der Waals surface area (Å²) in [5.74, 6) is 1.01. The number of Topliss-reactive ketones (excluding diaryl/α,β-unsaturated/α-hetero) is 1. The van der Waals surface area contributed by atoms with E-state index in [9.17, 15) is 4.79 Å². The molecular weight excluding hydrogens is 385 g/mol.